The van der Waals surface area contributed by atoms with Crippen LogP contribution in [0.3, 0.4) is 0 Å². The molecular formula is C8H8ClN3O2. The second kappa shape index (κ2) is 3.60. The van der Waals surface area contributed by atoms with E-state index in [9.17, 15) is 4.79 Å². The molecule has 1 rings (SSSR count). The third-order valence-electron chi connectivity index (χ3n) is 1.85. The molecule has 0 bridgehead atoms. The van der Waals surface area contributed by atoms with Crippen molar-refractivity contribution in [2.24, 2.45) is 7.05 Å². The van der Waals surface area contributed by atoms with Gasteiger partial charge >= 0.3 is 5.97 Å². The molecule has 74 valence electrons. The van der Waals surface area contributed by atoms with E-state index in [0.29, 0.717) is 0 Å². The van der Waals surface area contributed by atoms with Crippen molar-refractivity contribution in [3.05, 3.63) is 16.4 Å². The Labute approximate surface area is 85.6 Å². The van der Waals surface area contributed by atoms with Gasteiger partial charge in [-0.05, 0) is 0 Å². The number of nitrogens with zero attached hydrogens (tertiary/aromatic N) is 2. The molecule has 14 heavy (non-hydrogen) atoms. The van der Waals surface area contributed by atoms with Crippen LogP contribution < -0.4 is 5.73 Å². The standard InChI is InChI=1S/C8H8ClN3O2/c1-12-6(8(13)14-2)5(11)4(3-10)7(12)9/h11H2,1-2H3. The summed E-state index contributed by atoms with van der Waals surface area (Å²) >= 11 is 5.77. The molecule has 5 nitrogen and oxygen atoms in total. The summed E-state index contributed by atoms with van der Waals surface area (Å²) < 4.78 is 5.82. The van der Waals surface area contributed by atoms with Crippen LogP contribution in [0.25, 0.3) is 0 Å². The fourth-order valence-corrected chi connectivity index (χ4v) is 1.35. The van der Waals surface area contributed by atoms with E-state index in [1.165, 1.54) is 18.7 Å². The van der Waals surface area contributed by atoms with Gasteiger partial charge in [0.1, 0.15) is 16.8 Å². The van der Waals surface area contributed by atoms with Gasteiger partial charge in [-0.25, -0.2) is 4.79 Å². The van der Waals surface area contributed by atoms with Gasteiger partial charge in [0.25, 0.3) is 0 Å². The highest BCUT2D eigenvalue weighted by atomic mass is 35.5. The van der Waals surface area contributed by atoms with E-state index in [-0.39, 0.29) is 22.1 Å². The van der Waals surface area contributed by atoms with Crippen LogP contribution in [0.5, 0.6) is 0 Å². The van der Waals surface area contributed by atoms with Crippen molar-refractivity contribution in [3.63, 3.8) is 0 Å². The minimum atomic E-state index is -0.617. The maximum atomic E-state index is 11.2. The Morgan fingerprint density at radius 3 is 2.64 bits per heavy atom. The van der Waals surface area contributed by atoms with E-state index in [2.05, 4.69) is 4.74 Å². The average Bonchev–Trinajstić information content (AvgIpc) is 2.38. The molecule has 1 aromatic rings. The highest BCUT2D eigenvalue weighted by Gasteiger charge is 2.23. The maximum Gasteiger partial charge on any atom is 0.356 e. The minimum Gasteiger partial charge on any atom is -0.464 e. The average molecular weight is 214 g/mol. The van der Waals surface area contributed by atoms with Gasteiger partial charge < -0.3 is 15.0 Å². The Balaban J connectivity index is 3.47. The summed E-state index contributed by atoms with van der Waals surface area (Å²) in [6, 6.07) is 1.82. The molecule has 0 aliphatic rings. The zero-order valence-electron chi connectivity index (χ0n) is 7.67. The molecule has 0 radical (unpaired) electrons. The predicted octanol–water partition coefficient (Wildman–Crippen LogP) is 0.919. The van der Waals surface area contributed by atoms with Crippen LogP contribution >= 0.6 is 11.6 Å². The summed E-state index contributed by atoms with van der Waals surface area (Å²) in [7, 11) is 2.76. The van der Waals surface area contributed by atoms with Crippen LogP contribution in [0.2, 0.25) is 5.15 Å². The second-order valence-electron chi connectivity index (χ2n) is 2.59. The summed E-state index contributed by atoms with van der Waals surface area (Å²) in [5.74, 6) is -0.617. The van der Waals surface area contributed by atoms with Gasteiger partial charge in [0, 0.05) is 7.05 Å². The number of hydrogen-bond acceptors (Lipinski definition) is 4. The summed E-state index contributed by atoms with van der Waals surface area (Å²) in [6.07, 6.45) is 0. The molecule has 1 heterocycles. The number of nitrogen functional groups attached to an aromatic ring is 1. The Morgan fingerprint density at radius 2 is 2.29 bits per heavy atom. The van der Waals surface area contributed by atoms with Crippen molar-refractivity contribution >= 4 is 23.3 Å². The first-order valence-electron chi connectivity index (χ1n) is 3.66. The van der Waals surface area contributed by atoms with Gasteiger partial charge in [-0.3, -0.25) is 0 Å². The van der Waals surface area contributed by atoms with Gasteiger partial charge in [-0.2, -0.15) is 5.26 Å². The molecule has 0 aliphatic heterocycles. The fourth-order valence-electron chi connectivity index (χ4n) is 1.13. The van der Waals surface area contributed by atoms with Gasteiger partial charge in [-0.1, -0.05) is 11.6 Å². The summed E-state index contributed by atoms with van der Waals surface area (Å²) in [5, 5.41) is 8.84. The molecule has 6 heteroatoms. The molecule has 1 aromatic heterocycles. The number of nitrogens with two attached hydrogens (primary N) is 1. The van der Waals surface area contributed by atoms with Crippen LogP contribution in [0.1, 0.15) is 16.1 Å². The van der Waals surface area contributed by atoms with Crippen molar-refractivity contribution in [1.82, 2.24) is 4.57 Å². The molecule has 0 saturated carbocycles. The number of aromatic nitrogens is 1. The highest BCUT2D eigenvalue weighted by Crippen LogP contribution is 2.28. The largest absolute Gasteiger partial charge is 0.464 e. The van der Waals surface area contributed by atoms with Crippen LogP contribution in [-0.4, -0.2) is 17.6 Å². The number of hydrogen-bond donors (Lipinski definition) is 1. The number of carbonyl (C=O) groups is 1. The van der Waals surface area contributed by atoms with Crippen molar-refractivity contribution in [2.45, 2.75) is 0 Å². The first kappa shape index (κ1) is 10.4. The topological polar surface area (TPSA) is 81.0 Å². The molecule has 2 N–H and O–H groups in total. The maximum absolute atomic E-state index is 11.2. The van der Waals surface area contributed by atoms with Crippen LogP contribution in [0, 0.1) is 11.3 Å². The number of ether oxygens (including phenoxy) is 1. The Hall–Kier alpha value is -1.67. The SMILES string of the molecule is COC(=O)c1c(N)c(C#N)c(Cl)n1C. The quantitative estimate of drug-likeness (QED) is 0.704. The zero-order valence-corrected chi connectivity index (χ0v) is 8.42. The minimum absolute atomic E-state index is 0.0480. The first-order chi connectivity index (χ1) is 6.54. The molecular weight excluding hydrogens is 206 g/mol. The lowest BCUT2D eigenvalue weighted by atomic mass is 10.3. The molecule has 0 aromatic carbocycles. The van der Waals surface area contributed by atoms with E-state index in [0.717, 1.165) is 0 Å². The molecule has 0 unspecified atom stereocenters. The lowest BCUT2D eigenvalue weighted by Crippen LogP contribution is -2.09. The van der Waals surface area contributed by atoms with E-state index in [1.54, 1.807) is 0 Å². The fraction of sp³-hybridized carbons (Fsp3) is 0.250. The molecule has 0 spiro atoms. The summed E-state index contributed by atoms with van der Waals surface area (Å²) in [5.41, 5.74) is 5.80. The van der Waals surface area contributed by atoms with Crippen LogP contribution in [-0.2, 0) is 11.8 Å². The summed E-state index contributed by atoms with van der Waals surface area (Å²) in [4.78, 5) is 11.2. The number of rotatable bonds is 1. The summed E-state index contributed by atoms with van der Waals surface area (Å²) in [6.45, 7) is 0. The number of halogens is 1. The third-order valence-corrected chi connectivity index (χ3v) is 2.29. The van der Waals surface area contributed by atoms with Crippen molar-refractivity contribution in [2.75, 3.05) is 12.8 Å². The monoisotopic (exact) mass is 213 g/mol. The molecule has 0 aliphatic carbocycles. The van der Waals surface area contributed by atoms with Gasteiger partial charge in [0.15, 0.2) is 5.69 Å². The van der Waals surface area contributed by atoms with Gasteiger partial charge in [0.2, 0.25) is 0 Å². The highest BCUT2D eigenvalue weighted by molar-refractivity contribution is 6.32. The molecule has 0 saturated heterocycles. The lowest BCUT2D eigenvalue weighted by Gasteiger charge is -2.01. The van der Waals surface area contributed by atoms with Gasteiger partial charge in [-0.15, -0.1) is 0 Å². The Bertz CT molecular complexity index is 431. The van der Waals surface area contributed by atoms with E-state index < -0.39 is 5.97 Å². The molecule has 0 fully saturated rings. The van der Waals surface area contributed by atoms with Crippen LogP contribution in [0.4, 0.5) is 5.69 Å². The predicted molar refractivity (Wildman–Crippen MR) is 50.9 cm³/mol. The Kier molecular flexibility index (Phi) is 2.68. The van der Waals surface area contributed by atoms with E-state index in [4.69, 9.17) is 22.6 Å². The van der Waals surface area contributed by atoms with E-state index in [1.807, 2.05) is 6.07 Å². The second-order valence-corrected chi connectivity index (χ2v) is 2.95. The first-order valence-corrected chi connectivity index (χ1v) is 4.04. The van der Waals surface area contributed by atoms with Gasteiger partial charge in [0.05, 0.1) is 12.8 Å². The third kappa shape index (κ3) is 1.30. The van der Waals surface area contributed by atoms with Crippen molar-refractivity contribution < 1.29 is 9.53 Å². The number of nitriles is 1. The number of esters is 1. The smallest absolute Gasteiger partial charge is 0.356 e. The number of methoxy groups -OCH3 is 1. The van der Waals surface area contributed by atoms with Crippen molar-refractivity contribution in [1.29, 1.82) is 5.26 Å². The number of anilines is 1. The number of carbonyl (C=O) groups excluding carboxylic acids is 1. The van der Waals surface area contributed by atoms with Crippen LogP contribution in [0.15, 0.2) is 0 Å². The van der Waals surface area contributed by atoms with Crippen molar-refractivity contribution in [3.8, 4) is 6.07 Å². The molecule has 0 atom stereocenters. The van der Waals surface area contributed by atoms with E-state index >= 15 is 0 Å². The normalized spacial score (nSPS) is 9.57. The Morgan fingerprint density at radius 1 is 1.71 bits per heavy atom. The zero-order chi connectivity index (χ0) is 10.9. The molecule has 0 amide bonds. The lowest BCUT2D eigenvalue weighted by molar-refractivity contribution is 0.0591.